The average Bonchev–Trinajstić information content (AvgIpc) is 2.81. The quantitative estimate of drug-likeness (QED) is 0.404. The number of carbonyl (C=O) groups excluding carboxylic acids is 1. The van der Waals surface area contributed by atoms with Gasteiger partial charge >= 0.3 is 6.18 Å². The van der Waals surface area contributed by atoms with Crippen molar-refractivity contribution in [3.63, 3.8) is 0 Å². The third-order valence-corrected chi connectivity index (χ3v) is 6.09. The highest BCUT2D eigenvalue weighted by atomic mass is 32.2. The van der Waals surface area contributed by atoms with E-state index in [1.54, 1.807) is 0 Å². The first kappa shape index (κ1) is 28.1. The van der Waals surface area contributed by atoms with Gasteiger partial charge in [-0.2, -0.15) is 13.2 Å². The Labute approximate surface area is 208 Å². The van der Waals surface area contributed by atoms with E-state index in [0.717, 1.165) is 36.6 Å². The van der Waals surface area contributed by atoms with Crippen molar-refractivity contribution in [3.05, 3.63) is 88.4 Å². The standard InChI is InChI=1S/C24H21F6N3O3S/c1-13(14-6-7-15(19(26)10-14)12-32-37(2,35)36)23(34)31-11-16-8-9-20(24(28,29)30)33-22(16)17-4-3-5-18(25)21(17)27/h3-10,13,32H,11-12H2,1-2H3,(H,31,34). The second-order valence-corrected chi connectivity index (χ2v) is 10.0. The molecule has 2 aromatic carbocycles. The van der Waals surface area contributed by atoms with Gasteiger partial charge in [0.05, 0.1) is 17.9 Å². The Morgan fingerprint density at radius 2 is 1.65 bits per heavy atom. The largest absolute Gasteiger partial charge is 0.433 e. The van der Waals surface area contributed by atoms with E-state index in [4.69, 9.17) is 0 Å². The van der Waals surface area contributed by atoms with Crippen LogP contribution in [0, 0.1) is 17.5 Å². The topological polar surface area (TPSA) is 88.2 Å². The van der Waals surface area contributed by atoms with Gasteiger partial charge in [-0.1, -0.05) is 24.3 Å². The van der Waals surface area contributed by atoms with Crippen molar-refractivity contribution in [1.82, 2.24) is 15.0 Å². The molecule has 0 radical (unpaired) electrons. The minimum Gasteiger partial charge on any atom is -0.351 e. The number of halogens is 6. The van der Waals surface area contributed by atoms with Crippen LogP contribution in [0.1, 0.15) is 35.2 Å². The van der Waals surface area contributed by atoms with E-state index in [9.17, 15) is 39.6 Å². The molecule has 3 rings (SSSR count). The van der Waals surface area contributed by atoms with E-state index >= 15 is 0 Å². The fourth-order valence-corrected chi connectivity index (χ4v) is 3.80. The van der Waals surface area contributed by atoms with Crippen molar-refractivity contribution in [1.29, 1.82) is 0 Å². The lowest BCUT2D eigenvalue weighted by atomic mass is 9.98. The van der Waals surface area contributed by atoms with Crippen LogP contribution in [0.25, 0.3) is 11.3 Å². The van der Waals surface area contributed by atoms with Crippen LogP contribution in [0.2, 0.25) is 0 Å². The fourth-order valence-electron chi connectivity index (χ4n) is 3.38. The molecule has 0 aliphatic carbocycles. The van der Waals surface area contributed by atoms with Crippen LogP contribution in [-0.4, -0.2) is 25.6 Å². The number of alkyl halides is 3. The van der Waals surface area contributed by atoms with Gasteiger partial charge in [-0.3, -0.25) is 4.79 Å². The van der Waals surface area contributed by atoms with Crippen molar-refractivity contribution in [3.8, 4) is 11.3 Å². The highest BCUT2D eigenvalue weighted by molar-refractivity contribution is 7.88. The predicted molar refractivity (Wildman–Crippen MR) is 123 cm³/mol. The lowest BCUT2D eigenvalue weighted by Gasteiger charge is -2.17. The summed E-state index contributed by atoms with van der Waals surface area (Å²) in [6.07, 6.45) is -3.92. The molecule has 1 amide bonds. The van der Waals surface area contributed by atoms with Gasteiger partial charge < -0.3 is 5.32 Å². The second kappa shape index (κ2) is 10.9. The van der Waals surface area contributed by atoms with Gasteiger partial charge in [0.15, 0.2) is 11.6 Å². The third-order valence-electron chi connectivity index (χ3n) is 5.42. The zero-order chi connectivity index (χ0) is 27.5. The Kier molecular flexibility index (Phi) is 8.28. The Morgan fingerprint density at radius 1 is 0.973 bits per heavy atom. The molecule has 1 aromatic heterocycles. The molecule has 6 nitrogen and oxygen atoms in total. The third kappa shape index (κ3) is 7.07. The molecule has 1 unspecified atom stereocenters. The van der Waals surface area contributed by atoms with Gasteiger partial charge in [-0.15, -0.1) is 0 Å². The summed E-state index contributed by atoms with van der Waals surface area (Å²) >= 11 is 0. The molecule has 13 heteroatoms. The lowest BCUT2D eigenvalue weighted by Crippen LogP contribution is -2.28. The summed E-state index contributed by atoms with van der Waals surface area (Å²) in [6.45, 7) is 0.793. The number of amides is 1. The van der Waals surface area contributed by atoms with E-state index in [1.807, 2.05) is 0 Å². The Hall–Kier alpha value is -3.45. The first-order valence-electron chi connectivity index (χ1n) is 10.7. The number of hydrogen-bond donors (Lipinski definition) is 2. The maximum atomic E-state index is 14.4. The molecule has 2 N–H and O–H groups in total. The summed E-state index contributed by atoms with van der Waals surface area (Å²) in [6, 6.07) is 8.46. The van der Waals surface area contributed by atoms with Gasteiger partial charge in [0.2, 0.25) is 15.9 Å². The number of hydrogen-bond acceptors (Lipinski definition) is 4. The van der Waals surface area contributed by atoms with Crippen molar-refractivity contribution >= 4 is 15.9 Å². The number of sulfonamides is 1. The van der Waals surface area contributed by atoms with Crippen molar-refractivity contribution in [2.24, 2.45) is 0 Å². The maximum Gasteiger partial charge on any atom is 0.433 e. The molecule has 1 heterocycles. The molecule has 1 atom stereocenters. The first-order valence-corrected chi connectivity index (χ1v) is 12.6. The molecule has 0 saturated heterocycles. The first-order chi connectivity index (χ1) is 17.2. The van der Waals surface area contributed by atoms with Crippen molar-refractivity contribution < 1.29 is 39.6 Å². The molecule has 0 saturated carbocycles. The zero-order valence-electron chi connectivity index (χ0n) is 19.5. The number of nitrogens with zero attached hydrogens (tertiary/aromatic N) is 1. The van der Waals surface area contributed by atoms with E-state index in [0.29, 0.717) is 6.07 Å². The van der Waals surface area contributed by atoms with Crippen LogP contribution >= 0.6 is 0 Å². The average molecular weight is 546 g/mol. The fraction of sp³-hybridized carbons (Fsp3) is 0.250. The summed E-state index contributed by atoms with van der Waals surface area (Å²) in [5.41, 5.74) is -2.03. The number of carbonyl (C=O) groups is 1. The van der Waals surface area contributed by atoms with Crippen molar-refractivity contribution in [2.45, 2.75) is 32.1 Å². The highest BCUT2D eigenvalue weighted by Gasteiger charge is 2.33. The summed E-state index contributed by atoms with van der Waals surface area (Å²) in [5, 5.41) is 2.49. The molecule has 0 aliphatic rings. The van der Waals surface area contributed by atoms with E-state index in [2.05, 4.69) is 15.0 Å². The van der Waals surface area contributed by atoms with Gasteiger partial charge in [0, 0.05) is 24.2 Å². The molecule has 3 aromatic rings. The number of pyridine rings is 1. The Morgan fingerprint density at radius 3 is 2.27 bits per heavy atom. The molecule has 0 aliphatic heterocycles. The number of benzene rings is 2. The van der Waals surface area contributed by atoms with E-state index in [1.165, 1.54) is 19.1 Å². The van der Waals surface area contributed by atoms with E-state index in [-0.39, 0.29) is 29.8 Å². The van der Waals surface area contributed by atoms with Gasteiger partial charge in [0.25, 0.3) is 0 Å². The van der Waals surface area contributed by atoms with Crippen LogP contribution in [-0.2, 0) is 34.1 Å². The minimum absolute atomic E-state index is 0.00794. The van der Waals surface area contributed by atoms with Gasteiger partial charge in [-0.25, -0.2) is 31.3 Å². The van der Waals surface area contributed by atoms with Crippen LogP contribution < -0.4 is 10.0 Å². The molecule has 198 valence electrons. The molecule has 37 heavy (non-hydrogen) atoms. The van der Waals surface area contributed by atoms with E-state index < -0.39 is 62.4 Å². The van der Waals surface area contributed by atoms with Crippen LogP contribution in [0.3, 0.4) is 0 Å². The monoisotopic (exact) mass is 545 g/mol. The predicted octanol–water partition coefficient (Wildman–Crippen LogP) is 4.65. The summed E-state index contributed by atoms with van der Waals surface area (Å²) in [5.74, 6) is -4.96. The molecular weight excluding hydrogens is 524 g/mol. The summed E-state index contributed by atoms with van der Waals surface area (Å²) < 4.78 is 107. The van der Waals surface area contributed by atoms with Gasteiger partial charge in [0.1, 0.15) is 11.5 Å². The number of rotatable bonds is 8. The minimum atomic E-state index is -4.85. The molecule has 0 spiro atoms. The van der Waals surface area contributed by atoms with Crippen LogP contribution in [0.4, 0.5) is 26.3 Å². The summed E-state index contributed by atoms with van der Waals surface area (Å²) in [4.78, 5) is 16.2. The highest BCUT2D eigenvalue weighted by Crippen LogP contribution is 2.32. The van der Waals surface area contributed by atoms with Crippen molar-refractivity contribution in [2.75, 3.05) is 6.26 Å². The lowest BCUT2D eigenvalue weighted by molar-refractivity contribution is -0.141. The SMILES string of the molecule is CC(C(=O)NCc1ccc(C(F)(F)F)nc1-c1cccc(F)c1F)c1ccc(CNS(C)(=O)=O)c(F)c1. The van der Waals surface area contributed by atoms with Crippen LogP contribution in [0.5, 0.6) is 0 Å². The number of aromatic nitrogens is 1. The maximum absolute atomic E-state index is 14.4. The second-order valence-electron chi connectivity index (χ2n) is 8.19. The zero-order valence-corrected chi connectivity index (χ0v) is 20.3. The smallest absolute Gasteiger partial charge is 0.351 e. The number of nitrogens with one attached hydrogen (secondary N) is 2. The Bertz CT molecular complexity index is 1430. The van der Waals surface area contributed by atoms with Gasteiger partial charge in [-0.05, 0) is 42.3 Å². The molecular formula is C24H21F6N3O3S. The molecule has 0 fully saturated rings. The summed E-state index contributed by atoms with van der Waals surface area (Å²) in [7, 11) is -3.55. The molecule has 0 bridgehead atoms. The normalized spacial score (nSPS) is 12.9. The Balaban J connectivity index is 1.82. The van der Waals surface area contributed by atoms with Crippen LogP contribution in [0.15, 0.2) is 48.5 Å².